The number of pyridine rings is 1. The van der Waals surface area contributed by atoms with Crippen LogP contribution in [0.1, 0.15) is 23.6 Å². The summed E-state index contributed by atoms with van der Waals surface area (Å²) in [6.07, 6.45) is 7.88. The first-order valence-corrected chi connectivity index (χ1v) is 8.39. The molecule has 2 heterocycles. The summed E-state index contributed by atoms with van der Waals surface area (Å²) in [5.74, 6) is -0.0666. The maximum absolute atomic E-state index is 12.0. The van der Waals surface area contributed by atoms with E-state index in [4.69, 9.17) is 0 Å². The molecule has 3 rings (SSSR count). The number of aromatic nitrogens is 1. The lowest BCUT2D eigenvalue weighted by molar-refractivity contribution is -0.116. The van der Waals surface area contributed by atoms with Crippen molar-refractivity contribution in [3.63, 3.8) is 0 Å². The zero-order valence-corrected chi connectivity index (χ0v) is 14.0. The number of benzene rings is 1. The zero-order valence-electron chi connectivity index (χ0n) is 14.0. The molecule has 0 fully saturated rings. The van der Waals surface area contributed by atoms with E-state index in [1.54, 1.807) is 24.5 Å². The molecule has 0 radical (unpaired) electrons. The Morgan fingerprint density at radius 1 is 1.29 bits per heavy atom. The molecule has 1 aliphatic heterocycles. The van der Waals surface area contributed by atoms with Crippen molar-refractivity contribution in [3.8, 4) is 0 Å². The number of hydrogen-bond donors (Lipinski definition) is 1. The number of carbonyl (C=O) groups is 1. The highest BCUT2D eigenvalue weighted by Crippen LogP contribution is 2.19. The first-order valence-electron chi connectivity index (χ1n) is 8.39. The van der Waals surface area contributed by atoms with Crippen LogP contribution in [0.4, 0.5) is 0 Å². The molecule has 1 amide bonds. The molecule has 0 aliphatic carbocycles. The summed E-state index contributed by atoms with van der Waals surface area (Å²) in [7, 11) is 0. The first kappa shape index (κ1) is 16.4. The van der Waals surface area contributed by atoms with E-state index in [-0.39, 0.29) is 5.91 Å². The minimum absolute atomic E-state index is 0.0666. The number of hydrogen-bond acceptors (Lipinski definition) is 3. The van der Waals surface area contributed by atoms with Gasteiger partial charge in [-0.15, -0.1) is 0 Å². The highest BCUT2D eigenvalue weighted by molar-refractivity contribution is 5.91. The van der Waals surface area contributed by atoms with Gasteiger partial charge in [0.25, 0.3) is 0 Å². The summed E-state index contributed by atoms with van der Waals surface area (Å²) in [5, 5.41) is 2.99. The normalized spacial score (nSPS) is 15.9. The molecule has 2 aromatic rings. The molecule has 1 aromatic heterocycles. The van der Waals surface area contributed by atoms with Crippen molar-refractivity contribution in [1.82, 2.24) is 15.2 Å². The number of nitrogens with zero attached hydrogens (tertiary/aromatic N) is 2. The molecule has 0 saturated carbocycles. The molecule has 1 aliphatic rings. The second-order valence-corrected chi connectivity index (χ2v) is 6.20. The highest BCUT2D eigenvalue weighted by Gasteiger charge is 2.20. The van der Waals surface area contributed by atoms with Crippen LogP contribution in [0.3, 0.4) is 0 Å². The molecule has 0 saturated heterocycles. The van der Waals surface area contributed by atoms with Gasteiger partial charge >= 0.3 is 0 Å². The molecule has 4 heteroatoms. The second kappa shape index (κ2) is 7.88. The van der Waals surface area contributed by atoms with Crippen molar-refractivity contribution in [3.05, 3.63) is 71.6 Å². The van der Waals surface area contributed by atoms with Crippen molar-refractivity contribution >= 4 is 12.0 Å². The van der Waals surface area contributed by atoms with Gasteiger partial charge in [-0.2, -0.15) is 0 Å². The van der Waals surface area contributed by atoms with Crippen LogP contribution in [-0.4, -0.2) is 34.9 Å². The Kier molecular flexibility index (Phi) is 5.39. The summed E-state index contributed by atoms with van der Waals surface area (Å²) >= 11 is 0. The van der Waals surface area contributed by atoms with Gasteiger partial charge in [-0.3, -0.25) is 14.7 Å². The average molecular weight is 321 g/mol. The van der Waals surface area contributed by atoms with E-state index in [9.17, 15) is 4.79 Å². The Morgan fingerprint density at radius 3 is 2.92 bits per heavy atom. The van der Waals surface area contributed by atoms with E-state index >= 15 is 0 Å². The molecular formula is C20H23N3O. The maximum Gasteiger partial charge on any atom is 0.244 e. The van der Waals surface area contributed by atoms with Gasteiger partial charge in [-0.1, -0.05) is 30.3 Å². The topological polar surface area (TPSA) is 45.2 Å². The molecule has 24 heavy (non-hydrogen) atoms. The van der Waals surface area contributed by atoms with Gasteiger partial charge in [0.1, 0.15) is 0 Å². The van der Waals surface area contributed by atoms with Gasteiger partial charge < -0.3 is 5.32 Å². The molecular weight excluding hydrogens is 298 g/mol. The van der Waals surface area contributed by atoms with E-state index in [2.05, 4.69) is 46.4 Å². The molecule has 1 atom stereocenters. The van der Waals surface area contributed by atoms with Crippen molar-refractivity contribution in [2.24, 2.45) is 0 Å². The van der Waals surface area contributed by atoms with Crippen LogP contribution in [0.5, 0.6) is 0 Å². The fourth-order valence-corrected chi connectivity index (χ4v) is 2.98. The lowest BCUT2D eigenvalue weighted by Crippen LogP contribution is -2.44. The van der Waals surface area contributed by atoms with Crippen molar-refractivity contribution in [2.75, 3.05) is 13.1 Å². The quantitative estimate of drug-likeness (QED) is 0.861. The van der Waals surface area contributed by atoms with Crippen LogP contribution >= 0.6 is 0 Å². The fourth-order valence-electron chi connectivity index (χ4n) is 2.98. The Balaban J connectivity index is 1.48. The third kappa shape index (κ3) is 4.30. The predicted octanol–water partition coefficient (Wildman–Crippen LogP) is 2.66. The number of rotatable bonds is 5. The van der Waals surface area contributed by atoms with Gasteiger partial charge in [-0.25, -0.2) is 0 Å². The molecule has 1 unspecified atom stereocenters. The van der Waals surface area contributed by atoms with E-state index in [0.29, 0.717) is 12.6 Å². The predicted molar refractivity (Wildman–Crippen MR) is 96.3 cm³/mol. The molecule has 1 N–H and O–H groups in total. The summed E-state index contributed by atoms with van der Waals surface area (Å²) in [4.78, 5) is 18.4. The monoisotopic (exact) mass is 321 g/mol. The highest BCUT2D eigenvalue weighted by atomic mass is 16.1. The van der Waals surface area contributed by atoms with E-state index in [1.807, 2.05) is 12.1 Å². The number of nitrogens with one attached hydrogen (secondary N) is 1. The van der Waals surface area contributed by atoms with E-state index in [1.165, 1.54) is 11.1 Å². The summed E-state index contributed by atoms with van der Waals surface area (Å²) in [5.41, 5.74) is 3.77. The lowest BCUT2D eigenvalue weighted by atomic mass is 9.99. The SMILES string of the molecule is CC(CNC(=O)/C=C/c1cccnc1)N1CCc2ccccc2C1. The maximum atomic E-state index is 12.0. The summed E-state index contributed by atoms with van der Waals surface area (Å²) in [6, 6.07) is 12.7. The van der Waals surface area contributed by atoms with Crippen LogP contribution in [0.2, 0.25) is 0 Å². The third-order valence-electron chi connectivity index (χ3n) is 4.47. The smallest absolute Gasteiger partial charge is 0.244 e. The van der Waals surface area contributed by atoms with Crippen LogP contribution in [0, 0.1) is 0 Å². The number of amides is 1. The van der Waals surface area contributed by atoms with E-state index in [0.717, 1.165) is 25.1 Å². The van der Waals surface area contributed by atoms with Gasteiger partial charge in [0.05, 0.1) is 0 Å². The minimum atomic E-state index is -0.0666. The first-order chi connectivity index (χ1) is 11.7. The van der Waals surface area contributed by atoms with E-state index < -0.39 is 0 Å². The fraction of sp³-hybridized carbons (Fsp3) is 0.300. The van der Waals surface area contributed by atoms with Crippen LogP contribution in [0.15, 0.2) is 54.9 Å². The average Bonchev–Trinajstić information content (AvgIpc) is 2.65. The number of fused-ring (bicyclic) bond motifs is 1. The van der Waals surface area contributed by atoms with Crippen molar-refractivity contribution in [1.29, 1.82) is 0 Å². The van der Waals surface area contributed by atoms with Gasteiger partial charge in [-0.05, 0) is 42.2 Å². The number of carbonyl (C=O) groups excluding carboxylic acids is 1. The molecule has 0 spiro atoms. The lowest BCUT2D eigenvalue weighted by Gasteiger charge is -2.33. The van der Waals surface area contributed by atoms with Crippen molar-refractivity contribution < 1.29 is 4.79 Å². The van der Waals surface area contributed by atoms with Crippen molar-refractivity contribution in [2.45, 2.75) is 25.9 Å². The molecule has 124 valence electrons. The summed E-state index contributed by atoms with van der Waals surface area (Å²) in [6.45, 7) is 4.82. The second-order valence-electron chi connectivity index (χ2n) is 6.20. The van der Waals surface area contributed by atoms with Gasteiger partial charge in [0.2, 0.25) is 5.91 Å². The third-order valence-corrected chi connectivity index (χ3v) is 4.47. The summed E-state index contributed by atoms with van der Waals surface area (Å²) < 4.78 is 0. The van der Waals surface area contributed by atoms with Crippen LogP contribution in [0.25, 0.3) is 6.08 Å². The Hall–Kier alpha value is -2.46. The molecule has 4 nitrogen and oxygen atoms in total. The standard InChI is InChI=1S/C20H23N3O/c1-16(23-12-10-18-6-2-3-7-19(18)15-23)13-22-20(24)9-8-17-5-4-11-21-14-17/h2-9,11,14,16H,10,12-13,15H2,1H3,(H,22,24)/b9-8+. The Labute approximate surface area is 143 Å². The largest absolute Gasteiger partial charge is 0.351 e. The minimum Gasteiger partial charge on any atom is -0.351 e. The van der Waals surface area contributed by atoms with Gasteiger partial charge in [0.15, 0.2) is 0 Å². The Bertz CT molecular complexity index is 712. The Morgan fingerprint density at radius 2 is 2.12 bits per heavy atom. The van der Waals surface area contributed by atoms with Gasteiger partial charge in [0, 0.05) is 44.1 Å². The molecule has 1 aromatic carbocycles. The molecule has 0 bridgehead atoms. The van der Waals surface area contributed by atoms with Crippen LogP contribution < -0.4 is 5.32 Å². The van der Waals surface area contributed by atoms with Crippen LogP contribution in [-0.2, 0) is 17.8 Å². The zero-order chi connectivity index (χ0) is 16.8.